The zero-order chi connectivity index (χ0) is 17.4. The van der Waals surface area contributed by atoms with Gasteiger partial charge in [-0.1, -0.05) is 0 Å². The lowest BCUT2D eigenvalue weighted by Crippen LogP contribution is -2.30. The molecule has 0 radical (unpaired) electrons. The van der Waals surface area contributed by atoms with Crippen LogP contribution in [-0.2, 0) is 23.8 Å². The van der Waals surface area contributed by atoms with Gasteiger partial charge in [0.15, 0.2) is 27.8 Å². The highest BCUT2D eigenvalue weighted by Crippen LogP contribution is 2.36. The molecule has 3 heterocycles. The first-order valence-corrected chi connectivity index (χ1v) is 7.80. The van der Waals surface area contributed by atoms with Gasteiger partial charge in [0.25, 0.3) is 0 Å². The van der Waals surface area contributed by atoms with Crippen molar-refractivity contribution in [3.05, 3.63) is 11.1 Å². The molecule has 1 aliphatic rings. The van der Waals surface area contributed by atoms with E-state index in [0.29, 0.717) is 15.9 Å². The van der Waals surface area contributed by atoms with Crippen LogP contribution >= 0.6 is 15.9 Å². The highest BCUT2D eigenvalue weighted by Gasteiger charge is 2.42. The van der Waals surface area contributed by atoms with Gasteiger partial charge in [-0.2, -0.15) is 0 Å². The van der Waals surface area contributed by atoms with E-state index in [2.05, 4.69) is 30.9 Å². The third-order valence-electron chi connectivity index (χ3n) is 3.38. The summed E-state index contributed by atoms with van der Waals surface area (Å²) in [6, 6.07) is 0. The molecule has 2 aromatic rings. The predicted octanol–water partition coefficient (Wildman–Crippen LogP) is 0.911. The average molecular weight is 400 g/mol. The summed E-state index contributed by atoms with van der Waals surface area (Å²) in [5.74, 6) is -0.813. The van der Waals surface area contributed by atoms with Crippen molar-refractivity contribution in [2.45, 2.75) is 38.9 Å². The molecule has 10 nitrogen and oxygen atoms in total. The molecule has 0 bridgehead atoms. The van der Waals surface area contributed by atoms with Crippen LogP contribution in [0.2, 0.25) is 0 Å². The van der Waals surface area contributed by atoms with Gasteiger partial charge in [0.2, 0.25) is 6.29 Å². The largest absolute Gasteiger partial charge is 0.456 e. The summed E-state index contributed by atoms with van der Waals surface area (Å²) in [5.41, 5.74) is 6.65. The molecule has 0 unspecified atom stereocenters. The number of fused-ring (bicyclic) bond motifs is 1. The summed E-state index contributed by atoms with van der Waals surface area (Å²) in [7, 11) is 0. The van der Waals surface area contributed by atoms with Crippen LogP contribution in [0.15, 0.2) is 11.1 Å². The normalized spacial score (nSPS) is 23.4. The van der Waals surface area contributed by atoms with Gasteiger partial charge in [-0.15, -0.1) is 0 Å². The van der Waals surface area contributed by atoms with Crippen LogP contribution in [0.3, 0.4) is 0 Å². The van der Waals surface area contributed by atoms with E-state index < -0.39 is 30.6 Å². The highest BCUT2D eigenvalue weighted by molar-refractivity contribution is 9.10. The summed E-state index contributed by atoms with van der Waals surface area (Å²) in [6.07, 6.45) is -0.803. The van der Waals surface area contributed by atoms with Gasteiger partial charge < -0.3 is 19.9 Å². The topological polar surface area (TPSA) is 131 Å². The summed E-state index contributed by atoms with van der Waals surface area (Å²) in [6.45, 7) is 2.52. The van der Waals surface area contributed by atoms with E-state index >= 15 is 0 Å². The Kier molecular flexibility index (Phi) is 4.37. The fourth-order valence-electron chi connectivity index (χ4n) is 2.51. The Morgan fingerprint density at radius 2 is 2.04 bits per heavy atom. The van der Waals surface area contributed by atoms with Crippen LogP contribution in [0.1, 0.15) is 26.5 Å². The minimum absolute atomic E-state index is 0.227. The quantitative estimate of drug-likeness (QED) is 0.590. The number of hydrogen-bond acceptors (Lipinski definition) is 9. The molecule has 1 saturated heterocycles. The number of carbonyl (C=O) groups excluding carboxylic acids is 2. The summed E-state index contributed by atoms with van der Waals surface area (Å²) >= 11 is 3.33. The van der Waals surface area contributed by atoms with Gasteiger partial charge in [0.1, 0.15) is 12.6 Å². The lowest BCUT2D eigenvalue weighted by Gasteiger charge is -2.17. The number of aromatic nitrogens is 4. The van der Waals surface area contributed by atoms with Crippen molar-refractivity contribution in [2.75, 3.05) is 5.73 Å². The van der Waals surface area contributed by atoms with Gasteiger partial charge in [-0.25, -0.2) is 15.0 Å². The molecule has 0 saturated carbocycles. The maximum atomic E-state index is 11.3. The number of nitrogens with zero attached hydrogens (tertiary/aromatic N) is 4. The summed E-state index contributed by atoms with van der Waals surface area (Å²) in [5, 5.41) is 0. The fourth-order valence-corrected chi connectivity index (χ4v) is 3.09. The molecule has 0 aromatic carbocycles. The molecular weight excluding hydrogens is 386 g/mol. The van der Waals surface area contributed by atoms with Crippen molar-refractivity contribution >= 4 is 44.9 Å². The number of ether oxygens (including phenoxy) is 3. The van der Waals surface area contributed by atoms with Crippen LogP contribution in [0, 0.1) is 0 Å². The number of rotatable bonds is 3. The van der Waals surface area contributed by atoms with Crippen molar-refractivity contribution in [3.8, 4) is 0 Å². The number of hydrogen-bond donors (Lipinski definition) is 1. The Hall–Kier alpha value is -2.27. The Labute approximate surface area is 144 Å². The van der Waals surface area contributed by atoms with Crippen LogP contribution < -0.4 is 5.73 Å². The van der Waals surface area contributed by atoms with E-state index in [1.165, 1.54) is 20.2 Å². The molecule has 2 aromatic heterocycles. The molecule has 24 heavy (non-hydrogen) atoms. The number of imidazole rings is 1. The zero-order valence-corrected chi connectivity index (χ0v) is 14.4. The Morgan fingerprint density at radius 3 is 2.71 bits per heavy atom. The molecule has 0 amide bonds. The number of carbonyl (C=O) groups is 2. The van der Waals surface area contributed by atoms with Crippen molar-refractivity contribution < 1.29 is 23.8 Å². The molecule has 3 atom stereocenters. The lowest BCUT2D eigenvalue weighted by molar-refractivity contribution is -0.198. The average Bonchev–Trinajstić information content (AvgIpc) is 2.99. The molecule has 0 spiro atoms. The molecule has 0 aliphatic carbocycles. The molecule has 1 fully saturated rings. The van der Waals surface area contributed by atoms with E-state index in [0.717, 1.165) is 0 Å². The SMILES string of the molecule is CC(=O)O[C@H]1O[C@@H](n2c(Br)nc3c(N)ncnc32)C[C@@H]1OC(C)=O. The zero-order valence-electron chi connectivity index (χ0n) is 12.8. The first kappa shape index (κ1) is 16.6. The van der Waals surface area contributed by atoms with Crippen LogP contribution in [-0.4, -0.2) is 43.9 Å². The highest BCUT2D eigenvalue weighted by atomic mass is 79.9. The van der Waals surface area contributed by atoms with Gasteiger partial charge >= 0.3 is 11.9 Å². The van der Waals surface area contributed by atoms with E-state index in [1.807, 2.05) is 0 Å². The van der Waals surface area contributed by atoms with Gasteiger partial charge in [-0.05, 0) is 15.9 Å². The Balaban J connectivity index is 1.95. The summed E-state index contributed by atoms with van der Waals surface area (Å²) in [4.78, 5) is 34.8. The van der Waals surface area contributed by atoms with E-state index in [4.69, 9.17) is 19.9 Å². The smallest absolute Gasteiger partial charge is 0.305 e. The molecule has 128 valence electrons. The first-order valence-electron chi connectivity index (χ1n) is 7.00. The first-order chi connectivity index (χ1) is 11.4. The van der Waals surface area contributed by atoms with Crippen molar-refractivity contribution in [1.29, 1.82) is 0 Å². The fraction of sp³-hybridized carbons (Fsp3) is 0.462. The second kappa shape index (κ2) is 6.32. The van der Waals surface area contributed by atoms with E-state index in [1.54, 1.807) is 4.57 Å². The molecule has 11 heteroatoms. The number of nitrogen functional groups attached to an aromatic ring is 1. The van der Waals surface area contributed by atoms with Crippen molar-refractivity contribution in [3.63, 3.8) is 0 Å². The van der Waals surface area contributed by atoms with Crippen molar-refractivity contribution in [2.24, 2.45) is 0 Å². The Morgan fingerprint density at radius 1 is 1.33 bits per heavy atom. The maximum Gasteiger partial charge on any atom is 0.305 e. The third kappa shape index (κ3) is 3.04. The molecule has 1 aliphatic heterocycles. The number of anilines is 1. The second-order valence-electron chi connectivity index (χ2n) is 5.13. The van der Waals surface area contributed by atoms with E-state index in [-0.39, 0.29) is 12.2 Å². The minimum atomic E-state index is -1.01. The second-order valence-corrected chi connectivity index (χ2v) is 5.84. The number of halogens is 1. The maximum absolute atomic E-state index is 11.3. The number of nitrogens with two attached hydrogens (primary N) is 1. The molecule has 2 N–H and O–H groups in total. The minimum Gasteiger partial charge on any atom is -0.456 e. The number of esters is 2. The van der Waals surface area contributed by atoms with Gasteiger partial charge in [-0.3, -0.25) is 14.2 Å². The van der Waals surface area contributed by atoms with Gasteiger partial charge in [0.05, 0.1) is 0 Å². The molecule has 3 rings (SSSR count). The van der Waals surface area contributed by atoms with Crippen LogP contribution in [0.4, 0.5) is 5.82 Å². The third-order valence-corrected chi connectivity index (χ3v) is 3.94. The standard InChI is InChI=1S/C13H14BrN5O5/c1-5(20)22-7-3-8(24-12(7)23-6(2)21)19-11-9(18-13(19)14)10(15)16-4-17-11/h4,7-8,12H,3H2,1-2H3,(H2,15,16,17)/t7-,8+,12-/m0/s1. The van der Waals surface area contributed by atoms with Gasteiger partial charge in [0, 0.05) is 20.3 Å². The van der Waals surface area contributed by atoms with Crippen LogP contribution in [0.5, 0.6) is 0 Å². The molecular formula is C13H14BrN5O5. The Bertz CT molecular complexity index is 785. The summed E-state index contributed by atoms with van der Waals surface area (Å²) < 4.78 is 18.0. The predicted molar refractivity (Wildman–Crippen MR) is 83.3 cm³/mol. The van der Waals surface area contributed by atoms with E-state index in [9.17, 15) is 9.59 Å². The monoisotopic (exact) mass is 399 g/mol. The van der Waals surface area contributed by atoms with Crippen molar-refractivity contribution in [1.82, 2.24) is 19.5 Å². The lowest BCUT2D eigenvalue weighted by atomic mass is 10.2. The van der Waals surface area contributed by atoms with Crippen LogP contribution in [0.25, 0.3) is 11.2 Å².